The van der Waals surface area contributed by atoms with Gasteiger partial charge in [-0.25, -0.2) is 8.42 Å². The topological polar surface area (TPSA) is 75.7 Å². The van der Waals surface area contributed by atoms with Gasteiger partial charge in [-0.15, -0.1) is 0 Å². The highest BCUT2D eigenvalue weighted by Gasteiger charge is 2.34. The predicted octanol–water partition coefficient (Wildman–Crippen LogP) is 1.37. The van der Waals surface area contributed by atoms with Gasteiger partial charge in [0.15, 0.2) is 0 Å². The minimum Gasteiger partial charge on any atom is -0.494 e. The van der Waals surface area contributed by atoms with Crippen molar-refractivity contribution in [2.24, 2.45) is 5.92 Å². The minimum atomic E-state index is -3.27. The maximum absolute atomic E-state index is 11.9. The van der Waals surface area contributed by atoms with Crippen LogP contribution in [0.5, 0.6) is 5.75 Å². The molecule has 1 N–H and O–H groups in total. The molecule has 7 heteroatoms. The van der Waals surface area contributed by atoms with E-state index in [0.717, 1.165) is 17.7 Å². The van der Waals surface area contributed by atoms with E-state index in [1.807, 2.05) is 38.1 Å². The number of benzene rings is 1. The van der Waals surface area contributed by atoms with Gasteiger partial charge in [0.25, 0.3) is 0 Å². The van der Waals surface area contributed by atoms with Crippen molar-refractivity contribution >= 4 is 15.9 Å². The van der Waals surface area contributed by atoms with Crippen molar-refractivity contribution in [1.29, 1.82) is 0 Å². The first kappa shape index (κ1) is 17.7. The predicted molar refractivity (Wildman–Crippen MR) is 88.6 cm³/mol. The maximum Gasteiger partial charge on any atom is 0.235 e. The highest BCUT2D eigenvalue weighted by atomic mass is 32.2. The molecule has 0 spiro atoms. The summed E-state index contributed by atoms with van der Waals surface area (Å²) in [5.74, 6) is 0.719. The number of hydrogen-bond donors (Lipinski definition) is 1. The lowest BCUT2D eigenvalue weighted by Gasteiger charge is -2.14. The summed E-state index contributed by atoms with van der Waals surface area (Å²) in [4.78, 5) is 11.9. The van der Waals surface area contributed by atoms with E-state index in [1.54, 1.807) is 0 Å². The zero-order valence-corrected chi connectivity index (χ0v) is 14.4. The molecule has 0 radical (unpaired) electrons. The van der Waals surface area contributed by atoms with Gasteiger partial charge >= 0.3 is 0 Å². The fraction of sp³-hybridized carbons (Fsp3) is 0.562. The largest absolute Gasteiger partial charge is 0.494 e. The van der Waals surface area contributed by atoms with E-state index in [2.05, 4.69) is 5.32 Å². The average Bonchev–Trinajstić information content (AvgIpc) is 2.76. The summed E-state index contributed by atoms with van der Waals surface area (Å²) in [6.45, 7) is 5.28. The first-order chi connectivity index (χ1) is 10.9. The van der Waals surface area contributed by atoms with Crippen molar-refractivity contribution in [1.82, 2.24) is 9.62 Å². The van der Waals surface area contributed by atoms with E-state index in [-0.39, 0.29) is 24.1 Å². The lowest BCUT2D eigenvalue weighted by Crippen LogP contribution is -2.37. The standard InChI is InChI=1S/C16H24N2O4S/c1-3-8-22-15-6-4-14(5-7-15)9-17-16(19)11-18-10-13(2)12-23(18,20)21/h4-7,13H,3,8-12H2,1-2H3,(H,17,19). The Hall–Kier alpha value is -1.60. The molecule has 1 unspecified atom stereocenters. The van der Waals surface area contributed by atoms with Gasteiger partial charge in [-0.1, -0.05) is 26.0 Å². The summed E-state index contributed by atoms with van der Waals surface area (Å²) in [7, 11) is -3.27. The molecule has 1 aromatic rings. The van der Waals surface area contributed by atoms with Crippen LogP contribution in [0.1, 0.15) is 25.8 Å². The van der Waals surface area contributed by atoms with Crippen molar-refractivity contribution in [3.63, 3.8) is 0 Å². The summed E-state index contributed by atoms with van der Waals surface area (Å²) in [6, 6.07) is 7.51. The molecular weight excluding hydrogens is 316 g/mol. The second-order valence-electron chi connectivity index (χ2n) is 5.95. The van der Waals surface area contributed by atoms with Crippen molar-refractivity contribution < 1.29 is 17.9 Å². The van der Waals surface area contributed by atoms with Crippen molar-refractivity contribution in [2.75, 3.05) is 25.4 Å². The molecule has 1 aliphatic heterocycles. The SMILES string of the molecule is CCCOc1ccc(CNC(=O)CN2CC(C)CS2(=O)=O)cc1. The van der Waals surface area contributed by atoms with E-state index < -0.39 is 10.0 Å². The van der Waals surface area contributed by atoms with Crippen LogP contribution in [0.4, 0.5) is 0 Å². The van der Waals surface area contributed by atoms with Gasteiger partial charge in [0, 0.05) is 13.1 Å². The fourth-order valence-corrected chi connectivity index (χ4v) is 4.31. The van der Waals surface area contributed by atoms with Crippen LogP contribution < -0.4 is 10.1 Å². The Morgan fingerprint density at radius 1 is 1.35 bits per heavy atom. The number of rotatable bonds is 7. The van der Waals surface area contributed by atoms with Crippen molar-refractivity contribution in [3.8, 4) is 5.75 Å². The molecular formula is C16H24N2O4S. The lowest BCUT2D eigenvalue weighted by molar-refractivity contribution is -0.121. The Kier molecular flexibility index (Phi) is 6.01. The fourth-order valence-electron chi connectivity index (χ4n) is 2.48. The third kappa shape index (κ3) is 5.21. The number of carbonyl (C=O) groups is 1. The molecule has 1 heterocycles. The molecule has 1 atom stereocenters. The Morgan fingerprint density at radius 3 is 2.61 bits per heavy atom. The van der Waals surface area contributed by atoms with E-state index in [0.29, 0.717) is 19.7 Å². The zero-order chi connectivity index (χ0) is 16.9. The normalized spacial score (nSPS) is 20.3. The maximum atomic E-state index is 11.9. The molecule has 1 aliphatic rings. The number of nitrogens with one attached hydrogen (secondary N) is 1. The molecule has 6 nitrogen and oxygen atoms in total. The average molecular weight is 340 g/mol. The lowest BCUT2D eigenvalue weighted by atomic mass is 10.2. The molecule has 1 aromatic carbocycles. The summed E-state index contributed by atoms with van der Waals surface area (Å²) in [5, 5.41) is 2.76. The first-order valence-electron chi connectivity index (χ1n) is 7.87. The van der Waals surface area contributed by atoms with Crippen LogP contribution in [0.15, 0.2) is 24.3 Å². The molecule has 128 valence electrons. The van der Waals surface area contributed by atoms with E-state index in [1.165, 1.54) is 4.31 Å². The molecule has 0 saturated carbocycles. The van der Waals surface area contributed by atoms with Gasteiger partial charge in [-0.3, -0.25) is 4.79 Å². The van der Waals surface area contributed by atoms with Crippen LogP contribution in [0.2, 0.25) is 0 Å². The highest BCUT2D eigenvalue weighted by molar-refractivity contribution is 7.89. The van der Waals surface area contributed by atoms with E-state index in [9.17, 15) is 13.2 Å². The second-order valence-corrected chi connectivity index (χ2v) is 7.96. The zero-order valence-electron chi connectivity index (χ0n) is 13.6. The molecule has 0 bridgehead atoms. The molecule has 23 heavy (non-hydrogen) atoms. The van der Waals surface area contributed by atoms with Crippen LogP contribution in [-0.4, -0.2) is 44.1 Å². The minimum absolute atomic E-state index is 0.0727. The summed E-state index contributed by atoms with van der Waals surface area (Å²) < 4.78 is 30.4. The van der Waals surface area contributed by atoms with Crippen LogP contribution in [0.3, 0.4) is 0 Å². The molecule has 0 aromatic heterocycles. The van der Waals surface area contributed by atoms with Crippen molar-refractivity contribution in [3.05, 3.63) is 29.8 Å². The van der Waals surface area contributed by atoms with Gasteiger partial charge in [0.05, 0.1) is 18.9 Å². The number of nitrogens with zero attached hydrogens (tertiary/aromatic N) is 1. The smallest absolute Gasteiger partial charge is 0.235 e. The third-order valence-electron chi connectivity index (χ3n) is 3.61. The van der Waals surface area contributed by atoms with Crippen LogP contribution in [0, 0.1) is 5.92 Å². The van der Waals surface area contributed by atoms with Gasteiger partial charge in [-0.05, 0) is 30.0 Å². The molecule has 1 amide bonds. The summed E-state index contributed by atoms with van der Waals surface area (Å²) >= 11 is 0. The van der Waals surface area contributed by atoms with Gasteiger partial charge in [-0.2, -0.15) is 4.31 Å². The quantitative estimate of drug-likeness (QED) is 0.813. The number of carbonyl (C=O) groups excluding carboxylic acids is 1. The Morgan fingerprint density at radius 2 is 2.04 bits per heavy atom. The van der Waals surface area contributed by atoms with Crippen molar-refractivity contribution in [2.45, 2.75) is 26.8 Å². The summed E-state index contributed by atoms with van der Waals surface area (Å²) in [6.07, 6.45) is 0.954. The van der Waals surface area contributed by atoms with Crippen LogP contribution in [0.25, 0.3) is 0 Å². The van der Waals surface area contributed by atoms with E-state index >= 15 is 0 Å². The Bertz CT molecular complexity index is 628. The monoisotopic (exact) mass is 340 g/mol. The van der Waals surface area contributed by atoms with Crippen LogP contribution >= 0.6 is 0 Å². The third-order valence-corrected chi connectivity index (χ3v) is 5.66. The highest BCUT2D eigenvalue weighted by Crippen LogP contribution is 2.18. The van der Waals surface area contributed by atoms with Gasteiger partial charge < -0.3 is 10.1 Å². The first-order valence-corrected chi connectivity index (χ1v) is 9.48. The number of sulfonamides is 1. The Labute approximate surface area is 137 Å². The number of hydrogen-bond acceptors (Lipinski definition) is 4. The van der Waals surface area contributed by atoms with E-state index in [4.69, 9.17) is 4.74 Å². The Balaban J connectivity index is 1.80. The number of amides is 1. The van der Waals surface area contributed by atoms with Gasteiger partial charge in [0.1, 0.15) is 5.75 Å². The summed E-state index contributed by atoms with van der Waals surface area (Å²) in [5.41, 5.74) is 0.944. The molecule has 1 fully saturated rings. The molecule has 2 rings (SSSR count). The van der Waals surface area contributed by atoms with Crippen LogP contribution in [-0.2, 0) is 21.4 Å². The van der Waals surface area contributed by atoms with Gasteiger partial charge in [0.2, 0.25) is 15.9 Å². The molecule has 0 aliphatic carbocycles. The molecule has 1 saturated heterocycles. The number of ether oxygens (including phenoxy) is 1. The second kappa shape index (κ2) is 7.79.